The first kappa shape index (κ1) is 19.6. The highest BCUT2D eigenvalue weighted by molar-refractivity contribution is 14.0. The molecule has 6 nitrogen and oxygen atoms in total. The molecule has 1 aliphatic rings. The van der Waals surface area contributed by atoms with Gasteiger partial charge in [-0.1, -0.05) is 23.4 Å². The fourth-order valence-corrected chi connectivity index (χ4v) is 2.73. The summed E-state index contributed by atoms with van der Waals surface area (Å²) in [6.45, 7) is 5.46. The molecule has 136 valence electrons. The molecule has 1 heterocycles. The van der Waals surface area contributed by atoms with Crippen molar-refractivity contribution in [3.8, 4) is 0 Å². The quantitative estimate of drug-likeness (QED) is 0.395. The van der Waals surface area contributed by atoms with E-state index in [1.807, 2.05) is 19.1 Å². The van der Waals surface area contributed by atoms with E-state index in [9.17, 15) is 4.39 Å². The summed E-state index contributed by atoms with van der Waals surface area (Å²) in [5, 5.41) is 10.3. The Balaban J connectivity index is 0.00000225. The molecule has 8 heteroatoms. The zero-order valence-electron chi connectivity index (χ0n) is 14.4. The van der Waals surface area contributed by atoms with E-state index in [0.29, 0.717) is 30.8 Å². The predicted molar refractivity (Wildman–Crippen MR) is 105 cm³/mol. The number of aliphatic imine (C=N–C) groups is 1. The SMILES string of the molecule is CCNC(=NCc1noc(C)n1)NCC1(c2ccccc2F)CC1.I. The molecule has 3 rings (SSSR count). The van der Waals surface area contributed by atoms with Crippen molar-refractivity contribution in [2.45, 2.75) is 38.6 Å². The predicted octanol–water partition coefficient (Wildman–Crippen LogP) is 2.92. The van der Waals surface area contributed by atoms with Crippen molar-refractivity contribution in [3.63, 3.8) is 0 Å². The molecule has 0 aliphatic heterocycles. The molecule has 0 spiro atoms. The zero-order chi connectivity index (χ0) is 17.0. The Labute approximate surface area is 163 Å². The number of aromatic nitrogens is 2. The van der Waals surface area contributed by atoms with Crippen molar-refractivity contribution in [3.05, 3.63) is 47.4 Å². The Bertz CT molecular complexity index is 729. The smallest absolute Gasteiger partial charge is 0.223 e. The molecule has 2 N–H and O–H groups in total. The molecule has 1 fully saturated rings. The van der Waals surface area contributed by atoms with Gasteiger partial charge < -0.3 is 15.2 Å². The van der Waals surface area contributed by atoms with E-state index in [2.05, 4.69) is 25.8 Å². The number of halogens is 2. The highest BCUT2D eigenvalue weighted by Gasteiger charge is 2.45. The van der Waals surface area contributed by atoms with Crippen LogP contribution in [0.4, 0.5) is 4.39 Å². The highest BCUT2D eigenvalue weighted by atomic mass is 127. The van der Waals surface area contributed by atoms with E-state index in [1.165, 1.54) is 6.07 Å². The maximum Gasteiger partial charge on any atom is 0.223 e. The Morgan fingerprint density at radius 3 is 2.68 bits per heavy atom. The average molecular weight is 459 g/mol. The lowest BCUT2D eigenvalue weighted by Gasteiger charge is -2.19. The summed E-state index contributed by atoms with van der Waals surface area (Å²) in [7, 11) is 0. The van der Waals surface area contributed by atoms with Crippen LogP contribution in [0.25, 0.3) is 0 Å². The minimum absolute atomic E-state index is 0. The van der Waals surface area contributed by atoms with Gasteiger partial charge in [-0.3, -0.25) is 0 Å². The van der Waals surface area contributed by atoms with Gasteiger partial charge in [0.05, 0.1) is 0 Å². The van der Waals surface area contributed by atoms with Crippen molar-refractivity contribution in [2.75, 3.05) is 13.1 Å². The normalized spacial score (nSPS) is 15.4. The van der Waals surface area contributed by atoms with Gasteiger partial charge in [0.2, 0.25) is 5.89 Å². The van der Waals surface area contributed by atoms with Crippen LogP contribution in [-0.4, -0.2) is 29.2 Å². The third-order valence-corrected chi connectivity index (χ3v) is 4.19. The van der Waals surface area contributed by atoms with Crippen LogP contribution >= 0.6 is 24.0 Å². The standard InChI is InChI=1S/C17H22FN5O.HI/c1-3-19-16(20-10-15-22-12(2)24-23-15)21-11-17(8-9-17)13-6-4-5-7-14(13)18;/h4-7H,3,8-11H2,1-2H3,(H2,19,20,21);1H. The molecule has 0 saturated heterocycles. The Morgan fingerprint density at radius 1 is 1.32 bits per heavy atom. The highest BCUT2D eigenvalue weighted by Crippen LogP contribution is 2.48. The molecule has 0 bridgehead atoms. The van der Waals surface area contributed by atoms with Crippen LogP contribution in [0.1, 0.15) is 37.0 Å². The van der Waals surface area contributed by atoms with Crippen molar-refractivity contribution in [2.24, 2.45) is 4.99 Å². The summed E-state index contributed by atoms with van der Waals surface area (Å²) >= 11 is 0. The van der Waals surface area contributed by atoms with Gasteiger partial charge in [0.25, 0.3) is 0 Å². The second kappa shape index (κ2) is 8.59. The Kier molecular flexibility index (Phi) is 6.74. The summed E-state index contributed by atoms with van der Waals surface area (Å²) in [4.78, 5) is 8.59. The number of aryl methyl sites for hydroxylation is 1. The molecule has 0 radical (unpaired) electrons. The minimum atomic E-state index is -0.138. The summed E-state index contributed by atoms with van der Waals surface area (Å²) in [5.41, 5.74) is 0.645. The van der Waals surface area contributed by atoms with Gasteiger partial charge >= 0.3 is 0 Å². The van der Waals surface area contributed by atoms with E-state index in [0.717, 1.165) is 24.9 Å². The maximum atomic E-state index is 14.1. The third kappa shape index (κ3) is 4.90. The number of guanidine groups is 1. The topological polar surface area (TPSA) is 75.3 Å². The molecule has 1 saturated carbocycles. The number of rotatable bonds is 6. The van der Waals surface area contributed by atoms with Gasteiger partial charge in [0.1, 0.15) is 12.4 Å². The van der Waals surface area contributed by atoms with Crippen LogP contribution in [-0.2, 0) is 12.0 Å². The zero-order valence-corrected chi connectivity index (χ0v) is 16.7. The lowest BCUT2D eigenvalue weighted by Crippen LogP contribution is -2.41. The second-order valence-corrected chi connectivity index (χ2v) is 6.04. The monoisotopic (exact) mass is 459 g/mol. The molecular formula is C17H23FIN5O. The van der Waals surface area contributed by atoms with Gasteiger partial charge in [-0.15, -0.1) is 24.0 Å². The first-order valence-electron chi connectivity index (χ1n) is 8.19. The molecule has 1 aromatic heterocycles. The van der Waals surface area contributed by atoms with Crippen LogP contribution in [0, 0.1) is 12.7 Å². The molecular weight excluding hydrogens is 436 g/mol. The number of benzene rings is 1. The largest absolute Gasteiger partial charge is 0.357 e. The molecule has 25 heavy (non-hydrogen) atoms. The third-order valence-electron chi connectivity index (χ3n) is 4.19. The van der Waals surface area contributed by atoms with Gasteiger partial charge in [-0.05, 0) is 31.4 Å². The summed E-state index contributed by atoms with van der Waals surface area (Å²) in [6, 6.07) is 7.00. The average Bonchev–Trinajstić information content (AvgIpc) is 3.25. The molecule has 1 aliphatic carbocycles. The number of nitrogens with zero attached hydrogens (tertiary/aromatic N) is 3. The fourth-order valence-electron chi connectivity index (χ4n) is 2.73. The summed E-state index contributed by atoms with van der Waals surface area (Å²) in [5.74, 6) is 1.60. The molecule has 0 unspecified atom stereocenters. The van der Waals surface area contributed by atoms with E-state index in [4.69, 9.17) is 4.52 Å². The fraction of sp³-hybridized carbons (Fsp3) is 0.471. The molecule has 1 aromatic carbocycles. The van der Waals surface area contributed by atoms with E-state index >= 15 is 0 Å². The van der Waals surface area contributed by atoms with Gasteiger partial charge in [-0.25, -0.2) is 9.38 Å². The van der Waals surface area contributed by atoms with Crippen LogP contribution in [0.5, 0.6) is 0 Å². The second-order valence-electron chi connectivity index (χ2n) is 6.04. The van der Waals surface area contributed by atoms with Crippen molar-refractivity contribution < 1.29 is 8.91 Å². The minimum Gasteiger partial charge on any atom is -0.357 e. The molecule has 0 amide bonds. The first-order valence-corrected chi connectivity index (χ1v) is 8.19. The van der Waals surface area contributed by atoms with Crippen LogP contribution in [0.3, 0.4) is 0 Å². The van der Waals surface area contributed by atoms with Crippen LogP contribution in [0.15, 0.2) is 33.8 Å². The summed E-state index contributed by atoms with van der Waals surface area (Å²) in [6.07, 6.45) is 1.95. The lowest BCUT2D eigenvalue weighted by atomic mass is 9.95. The van der Waals surface area contributed by atoms with E-state index in [1.54, 1.807) is 13.0 Å². The Morgan fingerprint density at radius 2 is 2.08 bits per heavy atom. The van der Waals surface area contributed by atoms with Gasteiger partial charge in [0, 0.05) is 25.4 Å². The number of hydrogen-bond donors (Lipinski definition) is 2. The first-order chi connectivity index (χ1) is 11.6. The Hall–Kier alpha value is -1.71. The number of nitrogens with one attached hydrogen (secondary N) is 2. The molecule has 0 atom stereocenters. The van der Waals surface area contributed by atoms with Gasteiger partial charge in [0.15, 0.2) is 11.8 Å². The summed E-state index contributed by atoms with van der Waals surface area (Å²) < 4.78 is 19.0. The molecule has 2 aromatic rings. The van der Waals surface area contributed by atoms with Crippen molar-refractivity contribution in [1.29, 1.82) is 0 Å². The van der Waals surface area contributed by atoms with E-state index in [-0.39, 0.29) is 35.2 Å². The van der Waals surface area contributed by atoms with Gasteiger partial charge in [-0.2, -0.15) is 4.98 Å². The maximum absolute atomic E-state index is 14.1. The van der Waals surface area contributed by atoms with Crippen molar-refractivity contribution in [1.82, 2.24) is 20.8 Å². The van der Waals surface area contributed by atoms with Crippen LogP contribution in [0.2, 0.25) is 0 Å². The lowest BCUT2D eigenvalue weighted by molar-refractivity contribution is 0.387. The van der Waals surface area contributed by atoms with Crippen molar-refractivity contribution >= 4 is 29.9 Å². The van der Waals surface area contributed by atoms with E-state index < -0.39 is 0 Å². The number of hydrogen-bond acceptors (Lipinski definition) is 4. The van der Waals surface area contributed by atoms with Crippen LogP contribution < -0.4 is 10.6 Å².